The van der Waals surface area contributed by atoms with Crippen LogP contribution in [0.25, 0.3) is 0 Å². The number of rotatable bonds is 1. The highest BCUT2D eigenvalue weighted by atomic mass is 79.9. The molecule has 3 heteroatoms. The number of pyridine rings is 1. The summed E-state index contributed by atoms with van der Waals surface area (Å²) < 4.78 is 0.951. The third kappa shape index (κ3) is 1.19. The molecular formula is C8H8BrNO. The van der Waals surface area contributed by atoms with Crippen LogP contribution in [0.4, 0.5) is 0 Å². The largest absolute Gasteiger partial charge is 0.385 e. The molecule has 1 fully saturated rings. The van der Waals surface area contributed by atoms with Crippen molar-refractivity contribution in [2.24, 2.45) is 0 Å². The Morgan fingerprint density at radius 1 is 1.55 bits per heavy atom. The van der Waals surface area contributed by atoms with Gasteiger partial charge in [0.25, 0.3) is 0 Å². The minimum atomic E-state index is -0.576. The van der Waals surface area contributed by atoms with Gasteiger partial charge in [0.1, 0.15) is 0 Å². The third-order valence-electron chi connectivity index (χ3n) is 1.99. The van der Waals surface area contributed by atoms with Crippen molar-refractivity contribution in [1.82, 2.24) is 4.98 Å². The van der Waals surface area contributed by atoms with Crippen LogP contribution in [0.3, 0.4) is 0 Å². The van der Waals surface area contributed by atoms with Crippen molar-refractivity contribution in [3.63, 3.8) is 0 Å². The van der Waals surface area contributed by atoms with Crippen molar-refractivity contribution in [3.05, 3.63) is 28.5 Å². The maximum absolute atomic E-state index is 9.71. The van der Waals surface area contributed by atoms with Crippen LogP contribution < -0.4 is 0 Å². The van der Waals surface area contributed by atoms with Crippen molar-refractivity contribution in [2.75, 3.05) is 0 Å². The van der Waals surface area contributed by atoms with Gasteiger partial charge in [0.15, 0.2) is 0 Å². The molecule has 0 saturated heterocycles. The van der Waals surface area contributed by atoms with Crippen LogP contribution in [-0.4, -0.2) is 10.1 Å². The predicted octanol–water partition coefficient (Wildman–Crippen LogP) is 1.83. The van der Waals surface area contributed by atoms with Crippen LogP contribution in [0.2, 0.25) is 0 Å². The quantitative estimate of drug-likeness (QED) is 0.773. The van der Waals surface area contributed by atoms with E-state index in [1.807, 2.05) is 6.07 Å². The summed E-state index contributed by atoms with van der Waals surface area (Å²) in [5, 5.41) is 9.71. The average molecular weight is 214 g/mol. The van der Waals surface area contributed by atoms with Crippen LogP contribution in [0.5, 0.6) is 0 Å². The molecule has 58 valence electrons. The molecule has 2 nitrogen and oxygen atoms in total. The van der Waals surface area contributed by atoms with E-state index in [1.165, 1.54) is 0 Å². The van der Waals surface area contributed by atoms with Crippen LogP contribution in [0.1, 0.15) is 18.4 Å². The van der Waals surface area contributed by atoms with Gasteiger partial charge in [0.2, 0.25) is 0 Å². The third-order valence-corrected chi connectivity index (χ3v) is 2.68. The van der Waals surface area contributed by atoms with E-state index < -0.39 is 5.60 Å². The molecule has 11 heavy (non-hydrogen) atoms. The molecule has 1 N–H and O–H groups in total. The second-order valence-corrected chi connectivity index (χ2v) is 3.74. The Bertz CT molecular complexity index is 283. The maximum Gasteiger partial charge on any atom is 0.0924 e. The summed E-state index contributed by atoms with van der Waals surface area (Å²) in [5.41, 5.74) is 0.340. The minimum absolute atomic E-state index is 0.576. The Morgan fingerprint density at radius 2 is 2.27 bits per heavy atom. The Kier molecular flexibility index (Phi) is 1.51. The second-order valence-electron chi connectivity index (χ2n) is 2.89. The number of hydrogen-bond acceptors (Lipinski definition) is 2. The standard InChI is InChI=1S/C8H8BrNO/c9-7-1-4-10-5-6(7)8(11)2-3-8/h1,4-5,11H,2-3H2. The fourth-order valence-corrected chi connectivity index (χ4v) is 1.70. The highest BCUT2D eigenvalue weighted by Crippen LogP contribution is 2.47. The van der Waals surface area contributed by atoms with Gasteiger partial charge in [-0.05, 0) is 18.9 Å². The van der Waals surface area contributed by atoms with E-state index in [4.69, 9.17) is 0 Å². The van der Waals surface area contributed by atoms with Gasteiger partial charge in [-0.15, -0.1) is 0 Å². The van der Waals surface area contributed by atoms with E-state index in [2.05, 4.69) is 20.9 Å². The molecular weight excluding hydrogens is 206 g/mol. The molecule has 0 amide bonds. The molecule has 1 saturated carbocycles. The first kappa shape index (κ1) is 7.25. The zero-order valence-corrected chi connectivity index (χ0v) is 7.50. The Morgan fingerprint density at radius 3 is 2.82 bits per heavy atom. The number of aromatic nitrogens is 1. The zero-order valence-electron chi connectivity index (χ0n) is 5.92. The van der Waals surface area contributed by atoms with E-state index in [0.29, 0.717) is 0 Å². The highest BCUT2D eigenvalue weighted by molar-refractivity contribution is 9.10. The summed E-state index contributed by atoms with van der Waals surface area (Å²) in [6.07, 6.45) is 5.14. The van der Waals surface area contributed by atoms with Crippen LogP contribution in [0, 0.1) is 0 Å². The predicted molar refractivity (Wildman–Crippen MR) is 45.1 cm³/mol. The zero-order chi connectivity index (χ0) is 7.90. The van der Waals surface area contributed by atoms with Gasteiger partial charge in [0.05, 0.1) is 5.60 Å². The molecule has 0 spiro atoms. The molecule has 1 aromatic rings. The lowest BCUT2D eigenvalue weighted by molar-refractivity contribution is 0.150. The van der Waals surface area contributed by atoms with Gasteiger partial charge in [-0.2, -0.15) is 0 Å². The second kappa shape index (κ2) is 2.29. The van der Waals surface area contributed by atoms with Crippen molar-refractivity contribution < 1.29 is 5.11 Å². The summed E-state index contributed by atoms with van der Waals surface area (Å²) in [5.74, 6) is 0. The maximum atomic E-state index is 9.71. The molecule has 1 aliphatic rings. The van der Waals surface area contributed by atoms with Crippen LogP contribution in [-0.2, 0) is 5.60 Å². The molecule has 1 aromatic heterocycles. The van der Waals surface area contributed by atoms with Crippen molar-refractivity contribution in [3.8, 4) is 0 Å². The summed E-state index contributed by atoms with van der Waals surface area (Å²) in [7, 11) is 0. The summed E-state index contributed by atoms with van der Waals surface area (Å²) in [6, 6.07) is 1.85. The van der Waals surface area contributed by atoms with Crippen LogP contribution >= 0.6 is 15.9 Å². The highest BCUT2D eigenvalue weighted by Gasteiger charge is 2.43. The van der Waals surface area contributed by atoms with E-state index in [9.17, 15) is 5.11 Å². The SMILES string of the molecule is OC1(c2cnccc2Br)CC1. The molecule has 1 aliphatic carbocycles. The van der Waals surface area contributed by atoms with Gasteiger partial charge >= 0.3 is 0 Å². The lowest BCUT2D eigenvalue weighted by Crippen LogP contribution is -2.05. The smallest absolute Gasteiger partial charge is 0.0924 e. The van der Waals surface area contributed by atoms with Gasteiger partial charge in [-0.25, -0.2) is 0 Å². The van der Waals surface area contributed by atoms with Crippen molar-refractivity contribution in [2.45, 2.75) is 18.4 Å². The molecule has 0 bridgehead atoms. The molecule has 0 aliphatic heterocycles. The average Bonchev–Trinajstić information content (AvgIpc) is 2.70. The number of nitrogens with zero attached hydrogens (tertiary/aromatic N) is 1. The summed E-state index contributed by atoms with van der Waals surface area (Å²) in [4.78, 5) is 3.96. The molecule has 1 heterocycles. The number of hydrogen-bond donors (Lipinski definition) is 1. The first-order valence-electron chi connectivity index (χ1n) is 3.55. The lowest BCUT2D eigenvalue weighted by Gasteiger charge is -2.08. The van der Waals surface area contributed by atoms with Gasteiger partial charge < -0.3 is 5.11 Å². The summed E-state index contributed by atoms with van der Waals surface area (Å²) in [6.45, 7) is 0. The Labute approximate surface area is 73.4 Å². The lowest BCUT2D eigenvalue weighted by atomic mass is 10.1. The Balaban J connectivity index is 2.45. The molecule has 0 atom stereocenters. The first-order chi connectivity index (χ1) is 5.22. The number of halogens is 1. The molecule has 0 unspecified atom stereocenters. The van der Waals surface area contributed by atoms with Crippen molar-refractivity contribution in [1.29, 1.82) is 0 Å². The van der Waals surface area contributed by atoms with E-state index in [0.717, 1.165) is 22.9 Å². The van der Waals surface area contributed by atoms with Gasteiger partial charge in [-0.1, -0.05) is 15.9 Å². The fraction of sp³-hybridized carbons (Fsp3) is 0.375. The summed E-state index contributed by atoms with van der Waals surface area (Å²) >= 11 is 3.37. The monoisotopic (exact) mass is 213 g/mol. The van der Waals surface area contributed by atoms with E-state index in [-0.39, 0.29) is 0 Å². The van der Waals surface area contributed by atoms with Gasteiger partial charge in [0, 0.05) is 22.4 Å². The molecule has 0 aromatic carbocycles. The topological polar surface area (TPSA) is 33.1 Å². The van der Waals surface area contributed by atoms with E-state index in [1.54, 1.807) is 12.4 Å². The molecule has 0 radical (unpaired) electrons. The fourth-order valence-electron chi connectivity index (χ4n) is 1.11. The van der Waals surface area contributed by atoms with Gasteiger partial charge in [-0.3, -0.25) is 4.98 Å². The Hall–Kier alpha value is -0.410. The normalized spacial score (nSPS) is 19.8. The minimum Gasteiger partial charge on any atom is -0.385 e. The first-order valence-corrected chi connectivity index (χ1v) is 4.34. The van der Waals surface area contributed by atoms with Crippen molar-refractivity contribution >= 4 is 15.9 Å². The van der Waals surface area contributed by atoms with E-state index >= 15 is 0 Å². The number of aliphatic hydroxyl groups is 1. The molecule has 2 rings (SSSR count). The van der Waals surface area contributed by atoms with Crippen LogP contribution in [0.15, 0.2) is 22.9 Å².